The lowest BCUT2D eigenvalue weighted by Crippen LogP contribution is -2.29. The van der Waals surface area contributed by atoms with Crippen LogP contribution in [0.25, 0.3) is 11.4 Å². The maximum atomic E-state index is 13.6. The number of fused-ring (bicyclic) bond motifs is 1. The highest BCUT2D eigenvalue weighted by Crippen LogP contribution is 2.29. The molecular weight excluding hydrogens is 263 g/mol. The molecule has 6 heteroatoms. The number of alkyl halides is 1. The van der Waals surface area contributed by atoms with Gasteiger partial charge in [-0.1, -0.05) is 12.1 Å². The first-order valence-electron chi connectivity index (χ1n) is 6.16. The molecule has 4 nitrogen and oxygen atoms in total. The zero-order valence-electron chi connectivity index (χ0n) is 10.6. The highest BCUT2D eigenvalue weighted by Gasteiger charge is 2.28. The van der Waals surface area contributed by atoms with Gasteiger partial charge >= 0.3 is 0 Å². The van der Waals surface area contributed by atoms with Gasteiger partial charge in [0.05, 0.1) is 12.6 Å². The van der Waals surface area contributed by atoms with E-state index in [1.165, 1.54) is 4.90 Å². The van der Waals surface area contributed by atoms with E-state index in [1.54, 1.807) is 16.3 Å². The number of thioether (sulfide) groups is 1. The average molecular weight is 278 g/mol. The van der Waals surface area contributed by atoms with Crippen LogP contribution in [0.1, 0.15) is 18.3 Å². The number of rotatable bonds is 2. The van der Waals surface area contributed by atoms with E-state index in [0.29, 0.717) is 18.1 Å². The van der Waals surface area contributed by atoms with Crippen molar-refractivity contribution in [2.75, 3.05) is 6.26 Å². The molecule has 2 atom stereocenters. The molecule has 0 bridgehead atoms. The standard InChI is InChI=1S/C13H15FN4S/c1-19-10-4-2-8(3-5-10)12-16-17-13-11(15)6-9(14)7-18(12)13/h2-5,9,11H,6-7,15H2,1H3. The van der Waals surface area contributed by atoms with Gasteiger partial charge in [0.2, 0.25) is 0 Å². The van der Waals surface area contributed by atoms with Crippen molar-refractivity contribution in [3.63, 3.8) is 0 Å². The van der Waals surface area contributed by atoms with Crippen LogP contribution in [0, 0.1) is 0 Å². The summed E-state index contributed by atoms with van der Waals surface area (Å²) < 4.78 is 15.4. The van der Waals surface area contributed by atoms with Gasteiger partial charge in [-0.15, -0.1) is 22.0 Å². The van der Waals surface area contributed by atoms with Crippen molar-refractivity contribution >= 4 is 11.8 Å². The summed E-state index contributed by atoms with van der Waals surface area (Å²) in [7, 11) is 0. The lowest BCUT2D eigenvalue weighted by atomic mass is 10.1. The number of aromatic nitrogens is 3. The fourth-order valence-electron chi connectivity index (χ4n) is 2.38. The second kappa shape index (κ2) is 4.94. The minimum Gasteiger partial charge on any atom is -0.321 e. The molecule has 2 N–H and O–H groups in total. The van der Waals surface area contributed by atoms with Crippen LogP contribution >= 0.6 is 11.8 Å². The zero-order valence-corrected chi connectivity index (χ0v) is 11.4. The Balaban J connectivity index is 2.01. The lowest BCUT2D eigenvalue weighted by molar-refractivity contribution is 0.231. The average Bonchev–Trinajstić information content (AvgIpc) is 2.83. The monoisotopic (exact) mass is 278 g/mol. The maximum Gasteiger partial charge on any atom is 0.164 e. The van der Waals surface area contributed by atoms with E-state index in [-0.39, 0.29) is 12.6 Å². The van der Waals surface area contributed by atoms with Crippen molar-refractivity contribution < 1.29 is 4.39 Å². The molecule has 2 unspecified atom stereocenters. The summed E-state index contributed by atoms with van der Waals surface area (Å²) in [5, 5.41) is 8.28. The first kappa shape index (κ1) is 12.6. The highest BCUT2D eigenvalue weighted by atomic mass is 32.2. The third kappa shape index (κ3) is 2.26. The lowest BCUT2D eigenvalue weighted by Gasteiger charge is -2.23. The molecule has 0 amide bonds. The van der Waals surface area contributed by atoms with Crippen molar-refractivity contribution in [1.29, 1.82) is 0 Å². The number of hydrogen-bond donors (Lipinski definition) is 1. The van der Waals surface area contributed by atoms with Gasteiger partial charge in [0.15, 0.2) is 5.82 Å². The van der Waals surface area contributed by atoms with E-state index in [2.05, 4.69) is 10.2 Å². The molecule has 0 saturated carbocycles. The van der Waals surface area contributed by atoms with Gasteiger partial charge in [-0.2, -0.15) is 0 Å². The maximum absolute atomic E-state index is 13.6. The van der Waals surface area contributed by atoms with Crippen molar-refractivity contribution in [2.24, 2.45) is 5.73 Å². The van der Waals surface area contributed by atoms with Crippen molar-refractivity contribution in [3.05, 3.63) is 30.1 Å². The van der Waals surface area contributed by atoms with Crippen molar-refractivity contribution in [1.82, 2.24) is 14.8 Å². The normalized spacial score (nSPS) is 22.3. The Morgan fingerprint density at radius 3 is 2.74 bits per heavy atom. The minimum atomic E-state index is -0.928. The molecule has 2 heterocycles. The third-order valence-corrected chi connectivity index (χ3v) is 4.09. The van der Waals surface area contributed by atoms with E-state index >= 15 is 0 Å². The Bertz CT molecular complexity index is 581. The Labute approximate surface area is 115 Å². The van der Waals surface area contributed by atoms with E-state index in [9.17, 15) is 4.39 Å². The van der Waals surface area contributed by atoms with Crippen molar-refractivity contribution in [2.45, 2.75) is 30.1 Å². The zero-order chi connectivity index (χ0) is 13.4. The molecule has 0 spiro atoms. The molecule has 0 saturated heterocycles. The molecule has 1 aromatic carbocycles. The topological polar surface area (TPSA) is 56.7 Å². The van der Waals surface area contributed by atoms with Gasteiger partial charge in [-0.3, -0.25) is 0 Å². The summed E-state index contributed by atoms with van der Waals surface area (Å²) in [6.45, 7) is 0.287. The van der Waals surface area contributed by atoms with Crippen LogP contribution in [-0.2, 0) is 6.54 Å². The Hall–Kier alpha value is -1.40. The molecule has 1 aliphatic heterocycles. The number of hydrogen-bond acceptors (Lipinski definition) is 4. The van der Waals surface area contributed by atoms with Crippen LogP contribution in [0.4, 0.5) is 4.39 Å². The van der Waals surface area contributed by atoms with Gasteiger partial charge in [0.1, 0.15) is 12.0 Å². The first-order chi connectivity index (χ1) is 9.19. The molecular formula is C13H15FN4S. The summed E-state index contributed by atoms with van der Waals surface area (Å²) in [4.78, 5) is 1.18. The molecule has 19 heavy (non-hydrogen) atoms. The number of halogens is 1. The number of nitrogens with zero attached hydrogens (tertiary/aromatic N) is 3. The van der Waals surface area contributed by atoms with Crippen LogP contribution in [-0.4, -0.2) is 27.2 Å². The quantitative estimate of drug-likeness (QED) is 0.857. The van der Waals surface area contributed by atoms with Crippen LogP contribution in [0.15, 0.2) is 29.2 Å². The summed E-state index contributed by atoms with van der Waals surface area (Å²) >= 11 is 1.68. The van der Waals surface area contributed by atoms with E-state index in [0.717, 1.165) is 5.56 Å². The number of nitrogens with two attached hydrogens (primary N) is 1. The summed E-state index contributed by atoms with van der Waals surface area (Å²) in [6, 6.07) is 7.65. The van der Waals surface area contributed by atoms with Gasteiger partial charge < -0.3 is 10.3 Å². The Morgan fingerprint density at radius 2 is 2.05 bits per heavy atom. The molecule has 1 aromatic heterocycles. The van der Waals surface area contributed by atoms with Crippen molar-refractivity contribution in [3.8, 4) is 11.4 Å². The van der Waals surface area contributed by atoms with Gasteiger partial charge in [-0.05, 0) is 18.4 Å². The van der Waals surface area contributed by atoms with Crippen LogP contribution in [0.5, 0.6) is 0 Å². The van der Waals surface area contributed by atoms with Crippen LogP contribution < -0.4 is 5.73 Å². The molecule has 0 radical (unpaired) electrons. The Morgan fingerprint density at radius 1 is 1.32 bits per heavy atom. The third-order valence-electron chi connectivity index (χ3n) is 3.35. The summed E-state index contributed by atoms with van der Waals surface area (Å²) in [5.74, 6) is 1.37. The second-order valence-electron chi connectivity index (χ2n) is 4.66. The largest absolute Gasteiger partial charge is 0.321 e. The molecule has 3 rings (SSSR count). The first-order valence-corrected chi connectivity index (χ1v) is 7.38. The van der Waals surface area contributed by atoms with E-state index in [4.69, 9.17) is 5.73 Å². The fraction of sp³-hybridized carbons (Fsp3) is 0.385. The summed E-state index contributed by atoms with van der Waals surface area (Å²) in [5.41, 5.74) is 6.85. The van der Waals surface area contributed by atoms with Crippen LogP contribution in [0.2, 0.25) is 0 Å². The Kier molecular flexibility index (Phi) is 3.28. The SMILES string of the molecule is CSc1ccc(-c2nnc3n2CC(F)CC3N)cc1. The summed E-state index contributed by atoms with van der Waals surface area (Å²) in [6.07, 6.45) is 1.42. The van der Waals surface area contributed by atoms with E-state index < -0.39 is 6.17 Å². The molecule has 0 aliphatic carbocycles. The predicted octanol–water partition coefficient (Wildman–Crippen LogP) is 2.41. The van der Waals surface area contributed by atoms with E-state index in [1.807, 2.05) is 30.5 Å². The van der Waals surface area contributed by atoms with Crippen LogP contribution in [0.3, 0.4) is 0 Å². The van der Waals surface area contributed by atoms with Gasteiger partial charge in [0, 0.05) is 16.9 Å². The fourth-order valence-corrected chi connectivity index (χ4v) is 2.78. The smallest absolute Gasteiger partial charge is 0.164 e. The van der Waals surface area contributed by atoms with Gasteiger partial charge in [0.25, 0.3) is 0 Å². The second-order valence-corrected chi connectivity index (χ2v) is 5.54. The molecule has 100 valence electrons. The molecule has 0 fully saturated rings. The molecule has 2 aromatic rings. The minimum absolute atomic E-state index is 0.287. The number of benzene rings is 1. The highest BCUT2D eigenvalue weighted by molar-refractivity contribution is 7.98. The predicted molar refractivity (Wildman–Crippen MR) is 73.7 cm³/mol. The molecule has 1 aliphatic rings. The van der Waals surface area contributed by atoms with Gasteiger partial charge in [-0.25, -0.2) is 4.39 Å².